The van der Waals surface area contributed by atoms with Crippen LogP contribution < -0.4 is 4.57 Å². The van der Waals surface area contributed by atoms with Crippen LogP contribution in [0.3, 0.4) is 0 Å². The van der Waals surface area contributed by atoms with Gasteiger partial charge in [-0.2, -0.15) is 0 Å². The Bertz CT molecular complexity index is 787. The van der Waals surface area contributed by atoms with Crippen LogP contribution in [-0.2, 0) is 17.9 Å². The SMILES string of the molecule is CCCCCCCCn1c(C)[n+](CCCCCC(=O)O)c2cc(Cl)c(Cl)cc21. The summed E-state index contributed by atoms with van der Waals surface area (Å²) in [5.41, 5.74) is 2.24. The Hall–Kier alpha value is -1.26. The summed E-state index contributed by atoms with van der Waals surface area (Å²) < 4.78 is 4.66. The molecule has 2 rings (SSSR count). The van der Waals surface area contributed by atoms with Gasteiger partial charge in [0.1, 0.15) is 0 Å². The monoisotopic (exact) mass is 427 g/mol. The molecular weight excluding hydrogens is 395 g/mol. The Labute approximate surface area is 178 Å². The van der Waals surface area contributed by atoms with E-state index in [0.29, 0.717) is 10.0 Å². The molecule has 0 radical (unpaired) electrons. The van der Waals surface area contributed by atoms with E-state index in [0.717, 1.165) is 49.8 Å². The fourth-order valence-corrected chi connectivity index (χ4v) is 4.11. The van der Waals surface area contributed by atoms with Crippen molar-refractivity contribution in [2.45, 2.75) is 91.1 Å². The van der Waals surface area contributed by atoms with Gasteiger partial charge in [-0.15, -0.1) is 0 Å². The number of carboxylic acids is 1. The first-order valence-corrected chi connectivity index (χ1v) is 11.3. The lowest BCUT2D eigenvalue weighted by Gasteiger charge is -2.03. The van der Waals surface area contributed by atoms with E-state index in [1.54, 1.807) is 0 Å². The van der Waals surface area contributed by atoms with E-state index in [2.05, 4.69) is 23.0 Å². The molecule has 0 aliphatic heterocycles. The number of halogens is 2. The van der Waals surface area contributed by atoms with Gasteiger partial charge >= 0.3 is 5.97 Å². The van der Waals surface area contributed by atoms with Gasteiger partial charge in [-0.1, -0.05) is 55.8 Å². The number of benzene rings is 1. The van der Waals surface area contributed by atoms with Gasteiger partial charge in [0.15, 0.2) is 11.0 Å². The lowest BCUT2D eigenvalue weighted by molar-refractivity contribution is -0.678. The molecule has 2 aromatic rings. The molecule has 0 atom stereocenters. The van der Waals surface area contributed by atoms with Gasteiger partial charge in [0.05, 0.1) is 23.1 Å². The summed E-state index contributed by atoms with van der Waals surface area (Å²) in [4.78, 5) is 10.7. The topological polar surface area (TPSA) is 46.1 Å². The number of rotatable bonds is 13. The molecule has 0 amide bonds. The molecule has 0 fully saturated rings. The summed E-state index contributed by atoms with van der Waals surface area (Å²) in [7, 11) is 0. The number of nitrogens with zero attached hydrogens (tertiary/aromatic N) is 2. The van der Waals surface area contributed by atoms with Crippen LogP contribution in [0.2, 0.25) is 10.0 Å². The van der Waals surface area contributed by atoms with E-state index in [-0.39, 0.29) is 6.42 Å². The molecule has 1 aromatic heterocycles. The van der Waals surface area contributed by atoms with Gasteiger partial charge in [-0.25, -0.2) is 9.13 Å². The largest absolute Gasteiger partial charge is 0.481 e. The maximum atomic E-state index is 10.7. The van der Waals surface area contributed by atoms with Gasteiger partial charge in [-0.3, -0.25) is 4.79 Å². The maximum absolute atomic E-state index is 10.7. The molecule has 0 spiro atoms. The standard InChI is InChI=1S/C22H32Cl2N2O2/c1-3-4-5-6-7-10-13-25-17(2)26(14-11-8-9-12-22(27)28)21-16-19(24)18(23)15-20(21)25/h15-16H,3-14H2,1-2H3/p+1. The Balaban J connectivity index is 2.11. The van der Waals surface area contributed by atoms with E-state index in [1.807, 2.05) is 12.1 Å². The first-order chi connectivity index (χ1) is 13.5. The summed E-state index contributed by atoms with van der Waals surface area (Å²) in [5, 5.41) is 9.95. The Morgan fingerprint density at radius 2 is 1.64 bits per heavy atom. The minimum absolute atomic E-state index is 0.241. The molecule has 0 saturated heterocycles. The van der Waals surface area contributed by atoms with Gasteiger partial charge in [0, 0.05) is 25.5 Å². The molecular formula is C22H33Cl2N2O2+. The number of carboxylic acid groups (broad SMARTS) is 1. The summed E-state index contributed by atoms with van der Waals surface area (Å²) in [6.07, 6.45) is 10.4. The van der Waals surface area contributed by atoms with Crippen LogP contribution in [0.5, 0.6) is 0 Å². The molecule has 1 N–H and O–H groups in total. The summed E-state index contributed by atoms with van der Waals surface area (Å²) in [6, 6.07) is 3.94. The van der Waals surface area contributed by atoms with E-state index < -0.39 is 5.97 Å². The number of hydrogen-bond acceptors (Lipinski definition) is 1. The highest BCUT2D eigenvalue weighted by atomic mass is 35.5. The molecule has 0 aliphatic rings. The third-order valence-electron chi connectivity index (χ3n) is 5.39. The second-order valence-corrected chi connectivity index (χ2v) is 8.39. The summed E-state index contributed by atoms with van der Waals surface area (Å²) in [5.74, 6) is 0.487. The fraction of sp³-hybridized carbons (Fsp3) is 0.636. The van der Waals surface area contributed by atoms with Gasteiger partial charge in [0.25, 0.3) is 5.82 Å². The zero-order valence-corrected chi connectivity index (χ0v) is 18.7. The molecule has 28 heavy (non-hydrogen) atoms. The first kappa shape index (κ1) is 23.0. The number of unbranched alkanes of at least 4 members (excludes halogenated alkanes) is 7. The molecule has 1 aromatic carbocycles. The van der Waals surface area contributed by atoms with E-state index >= 15 is 0 Å². The Morgan fingerprint density at radius 1 is 1.00 bits per heavy atom. The van der Waals surface area contributed by atoms with Crippen molar-refractivity contribution in [2.75, 3.05) is 0 Å². The maximum Gasteiger partial charge on any atom is 0.303 e. The second-order valence-electron chi connectivity index (χ2n) is 7.58. The molecule has 6 heteroatoms. The average Bonchev–Trinajstić information content (AvgIpc) is 2.89. The van der Waals surface area contributed by atoms with Crippen molar-refractivity contribution in [1.82, 2.24) is 4.57 Å². The molecule has 1 heterocycles. The minimum Gasteiger partial charge on any atom is -0.481 e. The fourth-order valence-electron chi connectivity index (χ4n) is 3.79. The smallest absolute Gasteiger partial charge is 0.303 e. The van der Waals surface area contributed by atoms with Crippen molar-refractivity contribution in [1.29, 1.82) is 0 Å². The number of aromatic nitrogens is 2. The highest BCUT2D eigenvalue weighted by Gasteiger charge is 2.22. The Morgan fingerprint density at radius 3 is 2.36 bits per heavy atom. The summed E-state index contributed by atoms with van der Waals surface area (Å²) >= 11 is 12.6. The van der Waals surface area contributed by atoms with Crippen molar-refractivity contribution in [3.63, 3.8) is 0 Å². The number of fused-ring (bicyclic) bond motifs is 1. The predicted octanol–water partition coefficient (Wildman–Crippen LogP) is 6.55. The quantitative estimate of drug-likeness (QED) is 0.290. The van der Waals surface area contributed by atoms with Crippen molar-refractivity contribution in [3.8, 4) is 0 Å². The van der Waals surface area contributed by atoms with Crippen molar-refractivity contribution < 1.29 is 14.5 Å². The molecule has 0 aliphatic carbocycles. The predicted molar refractivity (Wildman–Crippen MR) is 116 cm³/mol. The number of aliphatic carboxylic acids is 1. The summed E-state index contributed by atoms with van der Waals surface area (Å²) in [6.45, 7) is 6.24. The van der Waals surface area contributed by atoms with Crippen LogP contribution in [0.1, 0.15) is 77.0 Å². The van der Waals surface area contributed by atoms with Crippen LogP contribution in [0.4, 0.5) is 0 Å². The highest BCUT2D eigenvalue weighted by molar-refractivity contribution is 6.42. The van der Waals surface area contributed by atoms with Gasteiger partial charge in [-0.05, 0) is 32.1 Å². The van der Waals surface area contributed by atoms with Gasteiger partial charge < -0.3 is 5.11 Å². The van der Waals surface area contributed by atoms with Crippen LogP contribution in [0.25, 0.3) is 11.0 Å². The molecule has 0 bridgehead atoms. The number of hydrogen-bond donors (Lipinski definition) is 1. The van der Waals surface area contributed by atoms with Crippen molar-refractivity contribution in [2.24, 2.45) is 0 Å². The minimum atomic E-state index is -0.721. The normalized spacial score (nSPS) is 11.4. The molecule has 156 valence electrons. The molecule has 4 nitrogen and oxygen atoms in total. The van der Waals surface area contributed by atoms with Crippen LogP contribution >= 0.6 is 23.2 Å². The van der Waals surface area contributed by atoms with E-state index in [1.165, 1.54) is 37.9 Å². The number of carbonyl (C=O) groups is 1. The second kappa shape index (κ2) is 11.7. The van der Waals surface area contributed by atoms with E-state index in [4.69, 9.17) is 28.3 Å². The number of imidazole rings is 1. The highest BCUT2D eigenvalue weighted by Crippen LogP contribution is 2.28. The first-order valence-electron chi connectivity index (χ1n) is 10.5. The third-order valence-corrected chi connectivity index (χ3v) is 6.11. The lowest BCUT2D eigenvalue weighted by Crippen LogP contribution is -2.36. The van der Waals surface area contributed by atoms with Gasteiger partial charge in [0.2, 0.25) is 0 Å². The zero-order valence-electron chi connectivity index (χ0n) is 17.1. The van der Waals surface area contributed by atoms with Crippen molar-refractivity contribution >= 4 is 40.2 Å². The van der Waals surface area contributed by atoms with Crippen molar-refractivity contribution in [3.05, 3.63) is 28.0 Å². The zero-order chi connectivity index (χ0) is 20.5. The number of aryl methyl sites for hydroxylation is 2. The van der Waals surface area contributed by atoms with E-state index in [9.17, 15) is 4.79 Å². The third kappa shape index (κ3) is 6.38. The molecule has 0 unspecified atom stereocenters. The molecule has 0 saturated carbocycles. The van der Waals surface area contributed by atoms with Crippen LogP contribution in [-0.4, -0.2) is 15.6 Å². The van der Waals surface area contributed by atoms with Crippen LogP contribution in [0, 0.1) is 6.92 Å². The van der Waals surface area contributed by atoms with Crippen LogP contribution in [0.15, 0.2) is 12.1 Å². The Kier molecular flexibility index (Phi) is 9.60. The lowest BCUT2D eigenvalue weighted by atomic mass is 10.1. The average molecular weight is 428 g/mol.